The van der Waals surface area contributed by atoms with Gasteiger partial charge in [0.2, 0.25) is 0 Å². The molecule has 4 aromatic rings. The van der Waals surface area contributed by atoms with Crippen molar-refractivity contribution in [3.63, 3.8) is 0 Å². The first-order chi connectivity index (χ1) is 22.3. The van der Waals surface area contributed by atoms with Gasteiger partial charge in [-0.2, -0.15) is 0 Å². The summed E-state index contributed by atoms with van der Waals surface area (Å²) in [4.78, 5) is 24.3. The molecule has 46 heavy (non-hydrogen) atoms. The average Bonchev–Trinajstić information content (AvgIpc) is 3.09. The van der Waals surface area contributed by atoms with E-state index >= 15 is 0 Å². The third-order valence-corrected chi connectivity index (χ3v) is 8.11. The Balaban J connectivity index is 0.000000181. The Bertz CT molecular complexity index is 1580. The lowest BCUT2D eigenvalue weighted by atomic mass is 10.1. The van der Waals surface area contributed by atoms with Gasteiger partial charge in [-0.15, -0.1) is 0 Å². The molecule has 0 aliphatic carbocycles. The van der Waals surface area contributed by atoms with Crippen molar-refractivity contribution in [2.45, 2.75) is 31.8 Å². The summed E-state index contributed by atoms with van der Waals surface area (Å²) >= 11 is 11.7. The number of amides is 2. The molecule has 0 spiro atoms. The largest absolute Gasteiger partial charge is 0.371 e. The van der Waals surface area contributed by atoms with E-state index in [1.165, 1.54) is 0 Å². The lowest BCUT2D eigenvalue weighted by molar-refractivity contribution is -0.0287. The smallest absolute Gasteiger partial charge is 0.255 e. The number of ether oxygens (including phenoxy) is 2. The highest BCUT2D eigenvalue weighted by Crippen LogP contribution is 2.23. The summed E-state index contributed by atoms with van der Waals surface area (Å²) in [5.41, 5.74) is 5.20. The summed E-state index contributed by atoms with van der Waals surface area (Å²) in [7, 11) is 0. The molecule has 2 aliphatic heterocycles. The summed E-state index contributed by atoms with van der Waals surface area (Å²) in [5.74, 6) is -0.282. The van der Waals surface area contributed by atoms with Gasteiger partial charge in [0.05, 0.1) is 24.9 Å². The first kappa shape index (κ1) is 33.6. The zero-order valence-electron chi connectivity index (χ0n) is 25.6. The van der Waals surface area contributed by atoms with Crippen molar-refractivity contribution in [3.05, 3.63) is 135 Å². The van der Waals surface area contributed by atoms with Crippen molar-refractivity contribution in [3.8, 4) is 0 Å². The molecule has 10 heteroatoms. The van der Waals surface area contributed by atoms with Crippen molar-refractivity contribution in [2.75, 3.05) is 38.1 Å². The first-order valence-corrected chi connectivity index (χ1v) is 16.1. The van der Waals surface area contributed by atoms with Crippen LogP contribution in [0, 0.1) is 0 Å². The number of hydrogen-bond acceptors (Lipinski definition) is 6. The minimum absolute atomic E-state index is 0.0523. The van der Waals surface area contributed by atoms with Crippen molar-refractivity contribution >= 4 is 40.7 Å². The Hall–Kier alpha value is -3.76. The van der Waals surface area contributed by atoms with Crippen LogP contribution in [0.4, 0.5) is 5.69 Å². The number of anilines is 1. The Morgan fingerprint density at radius 2 is 1.46 bits per heavy atom. The highest BCUT2D eigenvalue weighted by atomic mass is 35.5. The SMILES string of the molecule is C[C@H]1CNC[C@H](c2ccc(NC(=O)c3cccc(Cl)c3)cc2)O1.O=C(NCc1ccc([C@@H]2CNCCO2)cc1)c1ccc(Cl)cc1. The molecular weight excluding hydrogens is 623 g/mol. The van der Waals surface area contributed by atoms with Crippen LogP contribution in [-0.4, -0.2) is 50.7 Å². The van der Waals surface area contributed by atoms with E-state index < -0.39 is 0 Å². The standard InChI is InChI=1S/2C18H19ClN2O2/c1-12-10-20-11-17(23-12)13-5-7-16(8-6-13)21-18(22)14-3-2-4-15(19)9-14;19-16-7-5-15(6-8-16)18(22)21-11-13-1-3-14(4-2-13)17-12-20-9-10-23-17/h2-9,12,17,20H,10-11H2,1H3,(H,21,22);1-8,17,20H,9-12H2,(H,21,22)/t12-,17+;17-/m00/s1. The minimum atomic E-state index is -0.176. The third-order valence-electron chi connectivity index (χ3n) is 7.62. The van der Waals surface area contributed by atoms with E-state index in [0.29, 0.717) is 27.7 Å². The molecule has 2 heterocycles. The second-order valence-corrected chi connectivity index (χ2v) is 12.0. The molecule has 0 radical (unpaired) electrons. The molecule has 3 atom stereocenters. The average molecular weight is 662 g/mol. The molecule has 240 valence electrons. The predicted octanol–water partition coefficient (Wildman–Crippen LogP) is 6.57. The molecule has 8 nitrogen and oxygen atoms in total. The van der Waals surface area contributed by atoms with Crippen molar-refractivity contribution < 1.29 is 19.1 Å². The van der Waals surface area contributed by atoms with Crippen molar-refractivity contribution in [1.29, 1.82) is 0 Å². The van der Waals surface area contributed by atoms with Crippen LogP contribution in [-0.2, 0) is 16.0 Å². The number of hydrogen-bond donors (Lipinski definition) is 4. The quantitative estimate of drug-likeness (QED) is 0.179. The molecule has 2 saturated heterocycles. The van der Waals surface area contributed by atoms with Gasteiger partial charge < -0.3 is 30.7 Å². The summed E-state index contributed by atoms with van der Waals surface area (Å²) in [6.07, 6.45) is 0.369. The monoisotopic (exact) mass is 660 g/mol. The molecule has 2 amide bonds. The molecular formula is C36H38Cl2N4O4. The zero-order valence-corrected chi connectivity index (χ0v) is 27.1. The maximum absolute atomic E-state index is 12.2. The molecule has 2 fully saturated rings. The van der Waals surface area contributed by atoms with Gasteiger partial charge >= 0.3 is 0 Å². The van der Waals surface area contributed by atoms with Crippen LogP contribution in [0.3, 0.4) is 0 Å². The van der Waals surface area contributed by atoms with Crippen LogP contribution in [0.25, 0.3) is 0 Å². The van der Waals surface area contributed by atoms with E-state index in [-0.39, 0.29) is 30.1 Å². The Kier molecular flexibility index (Phi) is 12.2. The van der Waals surface area contributed by atoms with Crippen LogP contribution in [0.15, 0.2) is 97.1 Å². The highest BCUT2D eigenvalue weighted by molar-refractivity contribution is 6.31. The van der Waals surface area contributed by atoms with Crippen molar-refractivity contribution in [1.82, 2.24) is 16.0 Å². The molecule has 4 N–H and O–H groups in total. The first-order valence-electron chi connectivity index (χ1n) is 15.3. The van der Waals surface area contributed by atoms with E-state index in [4.69, 9.17) is 32.7 Å². The highest BCUT2D eigenvalue weighted by Gasteiger charge is 2.20. The second-order valence-electron chi connectivity index (χ2n) is 11.2. The predicted molar refractivity (Wildman–Crippen MR) is 183 cm³/mol. The van der Waals surface area contributed by atoms with Gasteiger partial charge in [-0.05, 0) is 78.2 Å². The topological polar surface area (TPSA) is 101 Å². The van der Waals surface area contributed by atoms with E-state index in [9.17, 15) is 9.59 Å². The zero-order chi connectivity index (χ0) is 32.3. The van der Waals surface area contributed by atoms with E-state index in [0.717, 1.165) is 55.2 Å². The summed E-state index contributed by atoms with van der Waals surface area (Å²) in [6.45, 7) is 6.72. The van der Waals surface area contributed by atoms with Crippen molar-refractivity contribution in [2.24, 2.45) is 0 Å². The van der Waals surface area contributed by atoms with Gasteiger partial charge in [-0.3, -0.25) is 9.59 Å². The van der Waals surface area contributed by atoms with E-state index in [2.05, 4.69) is 40.3 Å². The molecule has 4 aromatic carbocycles. The van der Waals surface area contributed by atoms with Gasteiger partial charge in [0, 0.05) is 59.6 Å². The third kappa shape index (κ3) is 9.87. The normalized spacial score (nSPS) is 19.3. The molecule has 0 bridgehead atoms. The van der Waals surface area contributed by atoms with Crippen LogP contribution < -0.4 is 21.3 Å². The van der Waals surface area contributed by atoms with Gasteiger partial charge in [0.15, 0.2) is 0 Å². The molecule has 2 aliphatic rings. The number of carbonyl (C=O) groups excluding carboxylic acids is 2. The van der Waals surface area contributed by atoms with E-state index in [1.54, 1.807) is 48.5 Å². The summed E-state index contributed by atoms with van der Waals surface area (Å²) in [6, 6.07) is 29.6. The lowest BCUT2D eigenvalue weighted by Crippen LogP contribution is -2.38. The number of morpholine rings is 2. The molecule has 6 rings (SSSR count). The number of rotatable bonds is 7. The van der Waals surface area contributed by atoms with Gasteiger partial charge in [-0.25, -0.2) is 0 Å². The number of benzene rings is 4. The Morgan fingerprint density at radius 1 is 0.761 bits per heavy atom. The summed E-state index contributed by atoms with van der Waals surface area (Å²) in [5, 5.41) is 13.6. The fourth-order valence-electron chi connectivity index (χ4n) is 5.12. The fourth-order valence-corrected chi connectivity index (χ4v) is 5.44. The number of nitrogens with one attached hydrogen (secondary N) is 4. The maximum atomic E-state index is 12.2. The minimum Gasteiger partial charge on any atom is -0.371 e. The lowest BCUT2D eigenvalue weighted by Gasteiger charge is -2.29. The van der Waals surface area contributed by atoms with Crippen LogP contribution >= 0.6 is 23.2 Å². The van der Waals surface area contributed by atoms with E-state index in [1.807, 2.05) is 36.4 Å². The Morgan fingerprint density at radius 3 is 2.13 bits per heavy atom. The van der Waals surface area contributed by atoms with Gasteiger partial charge in [-0.1, -0.05) is 65.7 Å². The van der Waals surface area contributed by atoms with Crippen LogP contribution in [0.1, 0.15) is 56.5 Å². The Labute approximate surface area is 279 Å². The van der Waals surface area contributed by atoms with Gasteiger partial charge in [0.1, 0.15) is 0 Å². The molecule has 0 saturated carbocycles. The fraction of sp³-hybridized carbons (Fsp3) is 0.278. The van der Waals surface area contributed by atoms with Crippen LogP contribution in [0.2, 0.25) is 10.0 Å². The van der Waals surface area contributed by atoms with Gasteiger partial charge in [0.25, 0.3) is 11.8 Å². The number of halogens is 2. The van der Waals surface area contributed by atoms with Crippen LogP contribution in [0.5, 0.6) is 0 Å². The number of carbonyl (C=O) groups is 2. The maximum Gasteiger partial charge on any atom is 0.255 e. The molecule has 0 unspecified atom stereocenters. The second kappa shape index (κ2) is 16.7. The summed E-state index contributed by atoms with van der Waals surface area (Å²) < 4.78 is 11.6. The molecule has 0 aromatic heterocycles.